The van der Waals surface area contributed by atoms with Crippen molar-refractivity contribution in [3.8, 4) is 0 Å². The van der Waals surface area contributed by atoms with Crippen molar-refractivity contribution >= 4 is 11.3 Å². The van der Waals surface area contributed by atoms with Gasteiger partial charge in [-0.1, -0.05) is 0 Å². The van der Waals surface area contributed by atoms with Gasteiger partial charge in [0.15, 0.2) is 5.01 Å². The lowest BCUT2D eigenvalue weighted by molar-refractivity contribution is -0.137. The first-order valence-electron chi connectivity index (χ1n) is 6.44. The molecule has 1 aliphatic heterocycles. The summed E-state index contributed by atoms with van der Waals surface area (Å²) in [7, 11) is 4.07. The molecule has 0 spiro atoms. The molecule has 2 rings (SSSR count). The Kier molecular flexibility index (Phi) is 4.68. The highest BCUT2D eigenvalue weighted by atomic mass is 32.1. The summed E-state index contributed by atoms with van der Waals surface area (Å²) in [5, 5.41) is -0.822. The van der Waals surface area contributed by atoms with Gasteiger partial charge in [0.25, 0.3) is 0 Å². The fraction of sp³-hybridized carbons (Fsp3) is 0.750. The van der Waals surface area contributed by atoms with Gasteiger partial charge in [-0.3, -0.25) is 0 Å². The van der Waals surface area contributed by atoms with Crippen molar-refractivity contribution in [2.45, 2.75) is 24.7 Å². The number of hydrogen-bond acceptors (Lipinski definition) is 5. The third-order valence-corrected chi connectivity index (χ3v) is 4.81. The first-order valence-corrected chi connectivity index (χ1v) is 7.26. The second-order valence-corrected chi connectivity index (χ2v) is 6.37. The average Bonchev–Trinajstić information content (AvgIpc) is 2.83. The van der Waals surface area contributed by atoms with Crippen LogP contribution in [0.5, 0.6) is 0 Å². The summed E-state index contributed by atoms with van der Waals surface area (Å²) in [6.45, 7) is 2.83. The van der Waals surface area contributed by atoms with Crippen molar-refractivity contribution in [2.75, 3.05) is 33.7 Å². The lowest BCUT2D eigenvalue weighted by atomic mass is 10.0. The third kappa shape index (κ3) is 3.69. The van der Waals surface area contributed by atoms with Crippen molar-refractivity contribution in [2.24, 2.45) is 5.73 Å². The second-order valence-electron chi connectivity index (χ2n) is 5.30. The number of nitrogens with zero attached hydrogens (tertiary/aromatic N) is 3. The first kappa shape index (κ1) is 15.7. The Hall–Kier alpha value is -0.700. The molecule has 20 heavy (non-hydrogen) atoms. The molecule has 0 aromatic carbocycles. The van der Waals surface area contributed by atoms with E-state index in [1.807, 2.05) is 14.1 Å². The third-order valence-electron chi connectivity index (χ3n) is 3.64. The fourth-order valence-corrected chi connectivity index (χ4v) is 3.15. The Balaban J connectivity index is 2.00. The van der Waals surface area contributed by atoms with Gasteiger partial charge in [-0.15, -0.1) is 11.3 Å². The van der Waals surface area contributed by atoms with Crippen molar-refractivity contribution < 1.29 is 13.2 Å². The topological polar surface area (TPSA) is 45.4 Å². The minimum absolute atomic E-state index is 0.264. The maximum absolute atomic E-state index is 12.5. The van der Waals surface area contributed by atoms with Crippen molar-refractivity contribution in [1.82, 2.24) is 14.8 Å². The summed E-state index contributed by atoms with van der Waals surface area (Å²) >= 11 is 0.645. The predicted octanol–water partition coefficient (Wildman–Crippen LogP) is 1.80. The zero-order valence-electron chi connectivity index (χ0n) is 11.5. The summed E-state index contributed by atoms with van der Waals surface area (Å²) in [5.74, 6) is 0. The van der Waals surface area contributed by atoms with E-state index in [9.17, 15) is 13.2 Å². The summed E-state index contributed by atoms with van der Waals surface area (Å²) in [5.41, 5.74) is 6.05. The second kappa shape index (κ2) is 5.97. The molecule has 4 nitrogen and oxygen atoms in total. The highest BCUT2D eigenvalue weighted by Gasteiger charge is 2.35. The number of hydrogen-bond donors (Lipinski definition) is 1. The SMILES string of the molecule is CN1CCN(C)C(CC(N)c2cnc(C(F)(F)F)s2)C1. The van der Waals surface area contributed by atoms with Gasteiger partial charge >= 0.3 is 6.18 Å². The van der Waals surface area contributed by atoms with E-state index < -0.39 is 17.2 Å². The summed E-state index contributed by atoms with van der Waals surface area (Å²) < 4.78 is 37.6. The quantitative estimate of drug-likeness (QED) is 0.925. The van der Waals surface area contributed by atoms with Gasteiger partial charge in [0.2, 0.25) is 0 Å². The molecule has 0 radical (unpaired) electrons. The molecule has 1 fully saturated rings. The van der Waals surface area contributed by atoms with Crippen LogP contribution in [0.15, 0.2) is 6.20 Å². The summed E-state index contributed by atoms with van der Waals surface area (Å²) in [6.07, 6.45) is -2.49. The Morgan fingerprint density at radius 3 is 2.75 bits per heavy atom. The lowest BCUT2D eigenvalue weighted by Gasteiger charge is -2.38. The average molecular weight is 308 g/mol. The Morgan fingerprint density at radius 2 is 2.15 bits per heavy atom. The molecule has 1 aromatic heterocycles. The van der Waals surface area contributed by atoms with E-state index in [0.29, 0.717) is 22.6 Å². The van der Waals surface area contributed by atoms with Gasteiger partial charge in [0.1, 0.15) is 0 Å². The predicted molar refractivity (Wildman–Crippen MR) is 72.6 cm³/mol. The van der Waals surface area contributed by atoms with Crippen molar-refractivity contribution in [3.05, 3.63) is 16.1 Å². The van der Waals surface area contributed by atoms with Crippen LogP contribution >= 0.6 is 11.3 Å². The molecule has 8 heteroatoms. The number of alkyl halides is 3. The van der Waals surface area contributed by atoms with E-state index in [4.69, 9.17) is 5.73 Å². The van der Waals surface area contributed by atoms with Crippen molar-refractivity contribution in [3.63, 3.8) is 0 Å². The van der Waals surface area contributed by atoms with Crippen LogP contribution in [0.2, 0.25) is 0 Å². The van der Waals surface area contributed by atoms with E-state index in [2.05, 4.69) is 14.8 Å². The number of rotatable bonds is 3. The van der Waals surface area contributed by atoms with Gasteiger partial charge in [0, 0.05) is 42.8 Å². The molecule has 2 atom stereocenters. The smallest absolute Gasteiger partial charge is 0.323 e. The van der Waals surface area contributed by atoms with E-state index in [1.54, 1.807) is 0 Å². The van der Waals surface area contributed by atoms with Gasteiger partial charge in [0.05, 0.1) is 0 Å². The molecule has 114 valence electrons. The molecular formula is C12H19F3N4S. The van der Waals surface area contributed by atoms with E-state index in [0.717, 1.165) is 19.6 Å². The standard InChI is InChI=1S/C12H19F3N4S/c1-18-3-4-19(2)8(7-18)5-9(16)10-6-17-11(20-10)12(13,14)15/h6,8-9H,3-5,7,16H2,1-2H3. The van der Waals surface area contributed by atoms with Gasteiger partial charge < -0.3 is 15.5 Å². The van der Waals surface area contributed by atoms with Crippen LogP contribution in [-0.4, -0.2) is 54.6 Å². The monoisotopic (exact) mass is 308 g/mol. The van der Waals surface area contributed by atoms with Crippen LogP contribution < -0.4 is 5.73 Å². The zero-order chi connectivity index (χ0) is 14.9. The molecule has 2 N–H and O–H groups in total. The van der Waals surface area contributed by atoms with Crippen LogP contribution in [0.1, 0.15) is 22.3 Å². The molecule has 0 amide bonds. The Bertz CT molecular complexity index is 448. The number of likely N-dealkylation sites (N-methyl/N-ethyl adjacent to an activating group) is 2. The maximum Gasteiger partial charge on any atom is 0.443 e. The number of aromatic nitrogens is 1. The van der Waals surface area contributed by atoms with Crippen molar-refractivity contribution in [1.29, 1.82) is 0 Å². The number of piperazine rings is 1. The number of nitrogens with two attached hydrogens (primary N) is 1. The molecule has 1 aromatic rings. The molecular weight excluding hydrogens is 289 g/mol. The minimum Gasteiger partial charge on any atom is -0.323 e. The van der Waals surface area contributed by atoms with E-state index >= 15 is 0 Å². The summed E-state index contributed by atoms with van der Waals surface area (Å²) in [4.78, 5) is 8.35. The normalized spacial score (nSPS) is 24.0. The molecule has 0 aliphatic carbocycles. The first-order chi connectivity index (χ1) is 9.27. The highest BCUT2D eigenvalue weighted by Crippen LogP contribution is 2.35. The minimum atomic E-state index is -4.38. The lowest BCUT2D eigenvalue weighted by Crippen LogP contribution is -2.50. The Morgan fingerprint density at radius 1 is 1.45 bits per heavy atom. The largest absolute Gasteiger partial charge is 0.443 e. The fourth-order valence-electron chi connectivity index (χ4n) is 2.35. The summed E-state index contributed by atoms with van der Waals surface area (Å²) in [6, 6.07) is -0.136. The van der Waals surface area contributed by atoms with Gasteiger partial charge in [-0.2, -0.15) is 13.2 Å². The number of halogens is 3. The van der Waals surface area contributed by atoms with E-state index in [1.165, 1.54) is 6.20 Å². The van der Waals surface area contributed by atoms with Crippen LogP contribution in [0.25, 0.3) is 0 Å². The highest BCUT2D eigenvalue weighted by molar-refractivity contribution is 7.11. The molecule has 1 aliphatic rings. The molecule has 0 saturated carbocycles. The van der Waals surface area contributed by atoms with Crippen LogP contribution in [0.3, 0.4) is 0 Å². The maximum atomic E-state index is 12.5. The molecule has 2 heterocycles. The van der Waals surface area contributed by atoms with Gasteiger partial charge in [-0.25, -0.2) is 4.98 Å². The molecule has 1 saturated heterocycles. The van der Waals surface area contributed by atoms with E-state index in [-0.39, 0.29) is 6.04 Å². The van der Waals surface area contributed by atoms with Gasteiger partial charge in [-0.05, 0) is 20.5 Å². The zero-order valence-corrected chi connectivity index (χ0v) is 12.3. The molecule has 2 unspecified atom stereocenters. The van der Waals surface area contributed by atoms with Crippen LogP contribution in [-0.2, 0) is 6.18 Å². The van der Waals surface area contributed by atoms with Crippen LogP contribution in [0, 0.1) is 0 Å². The molecule has 0 bridgehead atoms. The van der Waals surface area contributed by atoms with Crippen LogP contribution in [0.4, 0.5) is 13.2 Å². The number of thiazole rings is 1. The Labute approximate surface area is 120 Å².